The molecule has 1 aromatic carbocycles. The average Bonchev–Trinajstić information content (AvgIpc) is 2.39. The summed E-state index contributed by atoms with van der Waals surface area (Å²) in [6.45, 7) is 4.12. The second kappa shape index (κ2) is 6.26. The van der Waals surface area contributed by atoms with E-state index in [1.54, 1.807) is 6.07 Å². The molecule has 1 aromatic heterocycles. The number of hydrogen-bond acceptors (Lipinski definition) is 2. The van der Waals surface area contributed by atoms with Gasteiger partial charge in [-0.05, 0) is 43.7 Å². The van der Waals surface area contributed by atoms with E-state index in [-0.39, 0.29) is 17.9 Å². The van der Waals surface area contributed by atoms with E-state index in [2.05, 4.69) is 45.3 Å². The van der Waals surface area contributed by atoms with Crippen LogP contribution in [0.3, 0.4) is 0 Å². The SMILES string of the molecule is CC(N[C@@H](C)c1cccc(Br)c1)c1ccc(F)cn1. The third kappa shape index (κ3) is 3.85. The van der Waals surface area contributed by atoms with Gasteiger partial charge >= 0.3 is 0 Å². The predicted molar refractivity (Wildman–Crippen MR) is 78.3 cm³/mol. The Hall–Kier alpha value is -1.26. The Morgan fingerprint density at radius 3 is 2.58 bits per heavy atom. The summed E-state index contributed by atoms with van der Waals surface area (Å²) in [5.41, 5.74) is 2.03. The van der Waals surface area contributed by atoms with Crippen LogP contribution >= 0.6 is 15.9 Å². The van der Waals surface area contributed by atoms with Gasteiger partial charge in [-0.3, -0.25) is 4.98 Å². The number of aromatic nitrogens is 1. The number of nitrogens with zero attached hydrogens (tertiary/aromatic N) is 1. The van der Waals surface area contributed by atoms with Crippen molar-refractivity contribution in [1.29, 1.82) is 0 Å². The molecule has 0 aliphatic rings. The second-order valence-electron chi connectivity index (χ2n) is 4.57. The van der Waals surface area contributed by atoms with Crippen molar-refractivity contribution >= 4 is 15.9 Å². The van der Waals surface area contributed by atoms with Crippen molar-refractivity contribution in [2.75, 3.05) is 0 Å². The van der Waals surface area contributed by atoms with Gasteiger partial charge in [-0.2, -0.15) is 0 Å². The minimum atomic E-state index is -0.309. The molecule has 0 spiro atoms. The van der Waals surface area contributed by atoms with Gasteiger partial charge in [0, 0.05) is 16.6 Å². The summed E-state index contributed by atoms with van der Waals surface area (Å²) >= 11 is 3.47. The molecule has 0 saturated carbocycles. The van der Waals surface area contributed by atoms with Gasteiger partial charge in [-0.1, -0.05) is 28.1 Å². The summed E-state index contributed by atoms with van der Waals surface area (Å²) in [5, 5.41) is 3.45. The Kier molecular flexibility index (Phi) is 4.66. The molecule has 100 valence electrons. The summed E-state index contributed by atoms with van der Waals surface area (Å²) in [6.07, 6.45) is 1.25. The van der Waals surface area contributed by atoms with Crippen LogP contribution in [0.25, 0.3) is 0 Å². The van der Waals surface area contributed by atoms with E-state index in [4.69, 9.17) is 0 Å². The molecule has 0 saturated heterocycles. The number of benzene rings is 1. The van der Waals surface area contributed by atoms with Crippen molar-refractivity contribution in [2.24, 2.45) is 0 Å². The first-order valence-corrected chi connectivity index (χ1v) is 6.98. The molecule has 2 rings (SSSR count). The first kappa shape index (κ1) is 14.2. The van der Waals surface area contributed by atoms with E-state index in [0.717, 1.165) is 10.2 Å². The second-order valence-corrected chi connectivity index (χ2v) is 5.48. The molecule has 1 N–H and O–H groups in total. The summed E-state index contributed by atoms with van der Waals surface area (Å²) in [4.78, 5) is 4.10. The van der Waals surface area contributed by atoms with Crippen LogP contribution in [-0.4, -0.2) is 4.98 Å². The minimum absolute atomic E-state index is 0.0644. The lowest BCUT2D eigenvalue weighted by molar-refractivity contribution is 0.484. The Morgan fingerprint density at radius 2 is 1.95 bits per heavy atom. The summed E-state index contributed by atoms with van der Waals surface area (Å²) in [6, 6.07) is 11.6. The molecule has 0 aliphatic carbocycles. The molecule has 1 heterocycles. The third-order valence-corrected chi connectivity index (χ3v) is 3.54. The number of rotatable bonds is 4. The molecule has 0 fully saturated rings. The molecule has 4 heteroatoms. The summed E-state index contributed by atoms with van der Waals surface area (Å²) in [5.74, 6) is -0.309. The predicted octanol–water partition coefficient (Wildman–Crippen LogP) is 4.40. The van der Waals surface area contributed by atoms with Crippen LogP contribution in [0.15, 0.2) is 47.1 Å². The highest BCUT2D eigenvalue weighted by atomic mass is 79.9. The summed E-state index contributed by atoms with van der Waals surface area (Å²) < 4.78 is 13.9. The Morgan fingerprint density at radius 1 is 1.16 bits per heavy atom. The first-order chi connectivity index (χ1) is 9.06. The van der Waals surface area contributed by atoms with E-state index in [0.29, 0.717) is 0 Å². The molecule has 2 nitrogen and oxygen atoms in total. The molecule has 0 amide bonds. The highest BCUT2D eigenvalue weighted by molar-refractivity contribution is 9.10. The number of hydrogen-bond donors (Lipinski definition) is 1. The zero-order valence-electron chi connectivity index (χ0n) is 10.9. The van der Waals surface area contributed by atoms with E-state index in [1.807, 2.05) is 19.1 Å². The molecule has 2 atom stereocenters. The minimum Gasteiger partial charge on any atom is -0.302 e. The topological polar surface area (TPSA) is 24.9 Å². The van der Waals surface area contributed by atoms with E-state index < -0.39 is 0 Å². The van der Waals surface area contributed by atoms with Crippen molar-refractivity contribution in [3.8, 4) is 0 Å². The fourth-order valence-corrected chi connectivity index (χ4v) is 2.39. The lowest BCUT2D eigenvalue weighted by atomic mass is 10.1. The standard InChI is InChI=1S/C15H16BrFN2/c1-10(12-4-3-5-13(16)8-12)19-11(2)15-7-6-14(17)9-18-15/h3-11,19H,1-2H3/t10-,11?/m0/s1. The molecule has 1 unspecified atom stereocenters. The highest BCUT2D eigenvalue weighted by Crippen LogP contribution is 2.21. The van der Waals surface area contributed by atoms with Gasteiger partial charge in [0.25, 0.3) is 0 Å². The normalized spacial score (nSPS) is 14.1. The van der Waals surface area contributed by atoms with Crippen LogP contribution in [0.1, 0.15) is 37.2 Å². The maximum absolute atomic E-state index is 12.8. The van der Waals surface area contributed by atoms with Crippen LogP contribution < -0.4 is 5.32 Å². The molecule has 19 heavy (non-hydrogen) atoms. The van der Waals surface area contributed by atoms with Gasteiger partial charge in [0.15, 0.2) is 0 Å². The van der Waals surface area contributed by atoms with Crippen LogP contribution in [0, 0.1) is 5.82 Å². The Balaban J connectivity index is 2.06. The van der Waals surface area contributed by atoms with Crippen LogP contribution in [0.4, 0.5) is 4.39 Å². The van der Waals surface area contributed by atoms with Crippen molar-refractivity contribution in [1.82, 2.24) is 10.3 Å². The zero-order chi connectivity index (χ0) is 13.8. The monoisotopic (exact) mass is 322 g/mol. The quantitative estimate of drug-likeness (QED) is 0.902. The van der Waals surface area contributed by atoms with E-state index in [1.165, 1.54) is 17.8 Å². The number of halogens is 2. The van der Waals surface area contributed by atoms with Gasteiger partial charge in [-0.25, -0.2) is 4.39 Å². The van der Waals surface area contributed by atoms with Gasteiger partial charge in [0.2, 0.25) is 0 Å². The van der Waals surface area contributed by atoms with Gasteiger partial charge < -0.3 is 5.32 Å². The van der Waals surface area contributed by atoms with Crippen LogP contribution in [0.2, 0.25) is 0 Å². The van der Waals surface area contributed by atoms with Gasteiger partial charge in [0.1, 0.15) is 5.82 Å². The van der Waals surface area contributed by atoms with Gasteiger partial charge in [0.05, 0.1) is 11.9 Å². The van der Waals surface area contributed by atoms with Crippen molar-refractivity contribution in [3.05, 3.63) is 64.1 Å². The van der Waals surface area contributed by atoms with Crippen molar-refractivity contribution in [2.45, 2.75) is 25.9 Å². The van der Waals surface area contributed by atoms with E-state index >= 15 is 0 Å². The lowest BCUT2D eigenvalue weighted by Gasteiger charge is -2.20. The van der Waals surface area contributed by atoms with Crippen LogP contribution in [-0.2, 0) is 0 Å². The fourth-order valence-electron chi connectivity index (χ4n) is 1.98. The fraction of sp³-hybridized carbons (Fsp3) is 0.267. The number of nitrogens with one attached hydrogen (secondary N) is 1. The average molecular weight is 323 g/mol. The summed E-state index contributed by atoms with van der Waals surface area (Å²) in [7, 11) is 0. The zero-order valence-corrected chi connectivity index (χ0v) is 12.5. The molecule has 2 aromatic rings. The van der Waals surface area contributed by atoms with Gasteiger partial charge in [-0.15, -0.1) is 0 Å². The molecular formula is C15H16BrFN2. The van der Waals surface area contributed by atoms with E-state index in [9.17, 15) is 4.39 Å². The van der Waals surface area contributed by atoms with Crippen molar-refractivity contribution in [3.63, 3.8) is 0 Å². The smallest absolute Gasteiger partial charge is 0.141 e. The maximum Gasteiger partial charge on any atom is 0.141 e. The largest absolute Gasteiger partial charge is 0.302 e. The Labute approximate surface area is 121 Å². The lowest BCUT2D eigenvalue weighted by Crippen LogP contribution is -2.23. The van der Waals surface area contributed by atoms with Crippen LogP contribution in [0.5, 0.6) is 0 Å². The third-order valence-electron chi connectivity index (χ3n) is 3.04. The molecular weight excluding hydrogens is 307 g/mol. The maximum atomic E-state index is 12.8. The van der Waals surface area contributed by atoms with Crippen molar-refractivity contribution < 1.29 is 4.39 Å². The molecule has 0 bridgehead atoms. The first-order valence-electron chi connectivity index (χ1n) is 6.19. The molecule has 0 aliphatic heterocycles. The Bertz CT molecular complexity index is 542. The number of pyridine rings is 1. The molecule has 0 radical (unpaired) electrons. The highest BCUT2D eigenvalue weighted by Gasteiger charge is 2.12.